The monoisotopic (exact) mass is 352 g/mol. The van der Waals surface area contributed by atoms with Crippen molar-refractivity contribution in [2.45, 2.75) is 26.8 Å². The quantitative estimate of drug-likeness (QED) is 0.394. The fourth-order valence-corrected chi connectivity index (χ4v) is 3.01. The van der Waals surface area contributed by atoms with E-state index in [0.29, 0.717) is 22.7 Å². The average Bonchev–Trinajstić information content (AvgIpc) is 2.96. The Morgan fingerprint density at radius 2 is 1.92 bits per heavy atom. The zero-order valence-electron chi connectivity index (χ0n) is 14.8. The Hall–Kier alpha value is -3.35. The molecule has 7 heteroatoms. The van der Waals surface area contributed by atoms with Gasteiger partial charge in [-0.25, -0.2) is 0 Å². The van der Waals surface area contributed by atoms with Crippen LogP contribution in [0.15, 0.2) is 47.0 Å². The van der Waals surface area contributed by atoms with Gasteiger partial charge in [0.2, 0.25) is 0 Å². The fourth-order valence-electron chi connectivity index (χ4n) is 3.01. The Morgan fingerprint density at radius 3 is 2.50 bits per heavy atom. The Balaban J connectivity index is 2.08. The van der Waals surface area contributed by atoms with E-state index in [9.17, 15) is 10.1 Å². The van der Waals surface area contributed by atoms with Gasteiger partial charge in [0.05, 0.1) is 16.3 Å². The first-order valence-electron chi connectivity index (χ1n) is 8.21. The van der Waals surface area contributed by atoms with Gasteiger partial charge in [-0.3, -0.25) is 10.1 Å². The number of rotatable bonds is 5. The van der Waals surface area contributed by atoms with Crippen molar-refractivity contribution in [1.29, 1.82) is 0 Å². The van der Waals surface area contributed by atoms with Gasteiger partial charge in [-0.05, 0) is 38.0 Å². The van der Waals surface area contributed by atoms with Gasteiger partial charge in [0.15, 0.2) is 0 Å². The lowest BCUT2D eigenvalue weighted by Gasteiger charge is -2.18. The minimum Gasteiger partial charge on any atom is -0.391 e. The predicted octanol–water partition coefficient (Wildman–Crippen LogP) is 4.62. The minimum absolute atomic E-state index is 0.0713. The number of nitrogens with zero attached hydrogens (tertiary/aromatic N) is 2. The molecule has 0 unspecified atom stereocenters. The van der Waals surface area contributed by atoms with Crippen LogP contribution in [0.2, 0.25) is 0 Å². The summed E-state index contributed by atoms with van der Waals surface area (Å²) in [6.45, 7) is 5.55. The number of nitrogens with one attached hydrogen (secondary N) is 1. The van der Waals surface area contributed by atoms with Gasteiger partial charge in [-0.2, -0.15) is 0 Å². The van der Waals surface area contributed by atoms with Crippen molar-refractivity contribution in [2.75, 3.05) is 11.1 Å². The molecule has 0 aliphatic heterocycles. The number of nitro groups is 1. The molecular formula is C19H20N4O3. The van der Waals surface area contributed by atoms with E-state index < -0.39 is 4.92 Å². The van der Waals surface area contributed by atoms with Crippen LogP contribution in [0, 0.1) is 24.0 Å². The molecule has 0 radical (unpaired) electrons. The second-order valence-electron chi connectivity index (χ2n) is 6.19. The molecule has 0 aliphatic rings. The zero-order chi connectivity index (χ0) is 18.8. The van der Waals surface area contributed by atoms with Gasteiger partial charge in [0.25, 0.3) is 5.69 Å². The fraction of sp³-hybridized carbons (Fsp3) is 0.211. The van der Waals surface area contributed by atoms with E-state index in [1.165, 1.54) is 6.07 Å². The maximum Gasteiger partial charge on any atom is 0.294 e. The third kappa shape index (κ3) is 3.23. The molecule has 0 saturated carbocycles. The molecule has 0 bridgehead atoms. The molecule has 1 heterocycles. The van der Waals surface area contributed by atoms with E-state index in [1.807, 2.05) is 37.3 Å². The third-order valence-electron chi connectivity index (χ3n) is 4.35. The number of hydrogen-bond donors (Lipinski definition) is 2. The van der Waals surface area contributed by atoms with Crippen LogP contribution >= 0.6 is 0 Å². The van der Waals surface area contributed by atoms with Crippen LogP contribution in [0.25, 0.3) is 11.1 Å². The minimum atomic E-state index is -0.477. The number of nitro benzene ring substituents is 1. The SMILES string of the molecule is Cc1noc(C)c1-c1cc(N[C@@H](C)c2ccccc2)c(N)c([N+](=O)[O-])c1. The van der Waals surface area contributed by atoms with Gasteiger partial charge < -0.3 is 15.6 Å². The number of aromatic nitrogens is 1. The van der Waals surface area contributed by atoms with Gasteiger partial charge in [-0.15, -0.1) is 0 Å². The molecular weight excluding hydrogens is 332 g/mol. The summed E-state index contributed by atoms with van der Waals surface area (Å²) in [5.74, 6) is 0.601. The average molecular weight is 352 g/mol. The number of anilines is 2. The largest absolute Gasteiger partial charge is 0.391 e. The Kier molecular flexibility index (Phi) is 4.62. The zero-order valence-corrected chi connectivity index (χ0v) is 14.8. The lowest BCUT2D eigenvalue weighted by Crippen LogP contribution is -2.10. The maximum atomic E-state index is 11.5. The van der Waals surface area contributed by atoms with Gasteiger partial charge in [0, 0.05) is 17.7 Å². The highest BCUT2D eigenvalue weighted by Gasteiger charge is 2.22. The molecule has 0 fully saturated rings. The second-order valence-corrected chi connectivity index (χ2v) is 6.19. The van der Waals surface area contributed by atoms with E-state index in [0.717, 1.165) is 11.1 Å². The van der Waals surface area contributed by atoms with Crippen LogP contribution in [0.1, 0.15) is 30.0 Å². The summed E-state index contributed by atoms with van der Waals surface area (Å²) in [6.07, 6.45) is 0. The maximum absolute atomic E-state index is 11.5. The normalized spacial score (nSPS) is 12.0. The lowest BCUT2D eigenvalue weighted by molar-refractivity contribution is -0.383. The van der Waals surface area contributed by atoms with Crippen LogP contribution in [0.5, 0.6) is 0 Å². The summed E-state index contributed by atoms with van der Waals surface area (Å²) in [6, 6.07) is 13.0. The number of aryl methyl sites for hydroxylation is 2. The van der Waals surface area contributed by atoms with E-state index in [-0.39, 0.29) is 17.4 Å². The molecule has 0 spiro atoms. The van der Waals surface area contributed by atoms with Crippen LogP contribution in [0.3, 0.4) is 0 Å². The highest BCUT2D eigenvalue weighted by molar-refractivity contribution is 5.84. The molecule has 1 atom stereocenters. The molecule has 7 nitrogen and oxygen atoms in total. The van der Waals surface area contributed by atoms with Crippen LogP contribution < -0.4 is 11.1 Å². The van der Waals surface area contributed by atoms with Crippen LogP contribution in [0.4, 0.5) is 17.1 Å². The molecule has 0 saturated heterocycles. The number of hydrogen-bond acceptors (Lipinski definition) is 6. The summed E-state index contributed by atoms with van der Waals surface area (Å²) < 4.78 is 5.20. The molecule has 3 rings (SSSR count). The third-order valence-corrected chi connectivity index (χ3v) is 4.35. The van der Waals surface area contributed by atoms with Crippen molar-refractivity contribution in [3.8, 4) is 11.1 Å². The summed E-state index contributed by atoms with van der Waals surface area (Å²) in [5.41, 5.74) is 9.63. The highest BCUT2D eigenvalue weighted by Crippen LogP contribution is 2.39. The molecule has 0 aliphatic carbocycles. The Bertz CT molecular complexity index is 931. The van der Waals surface area contributed by atoms with Crippen molar-refractivity contribution in [1.82, 2.24) is 5.16 Å². The second kappa shape index (κ2) is 6.87. The molecule has 2 aromatic carbocycles. The number of nitrogens with two attached hydrogens (primary N) is 1. The van der Waals surface area contributed by atoms with Gasteiger partial charge >= 0.3 is 0 Å². The Morgan fingerprint density at radius 1 is 1.23 bits per heavy atom. The Labute approximate surface area is 151 Å². The molecule has 1 aromatic heterocycles. The van der Waals surface area contributed by atoms with Crippen molar-refractivity contribution >= 4 is 17.1 Å². The van der Waals surface area contributed by atoms with E-state index >= 15 is 0 Å². The van der Waals surface area contributed by atoms with E-state index in [1.54, 1.807) is 19.9 Å². The summed E-state index contributed by atoms with van der Waals surface area (Å²) >= 11 is 0. The predicted molar refractivity (Wildman–Crippen MR) is 101 cm³/mol. The van der Waals surface area contributed by atoms with Crippen LogP contribution in [-0.2, 0) is 0 Å². The number of nitrogen functional groups attached to an aromatic ring is 1. The van der Waals surface area contributed by atoms with E-state index in [4.69, 9.17) is 10.3 Å². The molecule has 3 aromatic rings. The lowest BCUT2D eigenvalue weighted by atomic mass is 10.0. The van der Waals surface area contributed by atoms with Gasteiger partial charge in [0.1, 0.15) is 11.4 Å². The first-order valence-corrected chi connectivity index (χ1v) is 8.21. The standard InChI is InChI=1S/C19H20N4O3/c1-11(14-7-5-4-6-8-14)21-16-9-15(10-17(19(16)20)23(24)25)18-12(2)22-26-13(18)3/h4-11,21H,20H2,1-3H3/t11-/m0/s1. The smallest absolute Gasteiger partial charge is 0.294 e. The molecule has 0 amide bonds. The van der Waals surface area contributed by atoms with Crippen molar-refractivity contribution in [3.05, 3.63) is 69.6 Å². The first kappa shape index (κ1) is 17.5. The molecule has 134 valence electrons. The van der Waals surface area contributed by atoms with Crippen LogP contribution in [-0.4, -0.2) is 10.1 Å². The first-order chi connectivity index (χ1) is 12.4. The topological polar surface area (TPSA) is 107 Å². The summed E-state index contributed by atoms with van der Waals surface area (Å²) in [5, 5.41) is 18.7. The molecule has 26 heavy (non-hydrogen) atoms. The summed E-state index contributed by atoms with van der Waals surface area (Å²) in [4.78, 5) is 11.0. The highest BCUT2D eigenvalue weighted by atomic mass is 16.6. The van der Waals surface area contributed by atoms with Crippen molar-refractivity contribution < 1.29 is 9.45 Å². The van der Waals surface area contributed by atoms with Gasteiger partial charge in [-0.1, -0.05) is 35.5 Å². The number of benzene rings is 2. The molecule has 3 N–H and O–H groups in total. The van der Waals surface area contributed by atoms with Crippen molar-refractivity contribution in [2.24, 2.45) is 0 Å². The summed E-state index contributed by atoms with van der Waals surface area (Å²) in [7, 11) is 0. The van der Waals surface area contributed by atoms with Crippen molar-refractivity contribution in [3.63, 3.8) is 0 Å². The van der Waals surface area contributed by atoms with E-state index in [2.05, 4.69) is 10.5 Å².